The highest BCUT2D eigenvalue weighted by Gasteiger charge is 2.56. The molecule has 25 heavy (non-hydrogen) atoms. The van der Waals surface area contributed by atoms with Crippen LogP contribution in [0.4, 0.5) is 13.2 Å². The van der Waals surface area contributed by atoms with Crippen molar-refractivity contribution >= 4 is 5.91 Å². The SMILES string of the molecule is O=C(N(C1CCOC2(CNC2)C1)[C@@H]1C[C@H]1c1ccccc1)C(F)(F)F. The van der Waals surface area contributed by atoms with Gasteiger partial charge in [-0.25, -0.2) is 0 Å². The molecule has 1 amide bonds. The number of alkyl halides is 3. The average molecular weight is 354 g/mol. The Kier molecular flexibility index (Phi) is 4.03. The second-order valence-electron chi connectivity index (χ2n) is 7.31. The first-order valence-electron chi connectivity index (χ1n) is 8.69. The molecular formula is C18H21F3N2O2. The summed E-state index contributed by atoms with van der Waals surface area (Å²) in [4.78, 5) is 13.3. The first-order valence-corrected chi connectivity index (χ1v) is 8.69. The Morgan fingerprint density at radius 3 is 2.56 bits per heavy atom. The fourth-order valence-electron chi connectivity index (χ4n) is 4.17. The Morgan fingerprint density at radius 2 is 1.96 bits per heavy atom. The van der Waals surface area contributed by atoms with Crippen LogP contribution in [0.1, 0.15) is 30.7 Å². The standard InChI is InChI=1S/C18H21F3N2O2/c19-18(20,21)16(24)23(13-6-7-25-17(9-13)10-22-11-17)15-8-14(15)12-4-2-1-3-5-12/h1-5,13-15,22H,6-11H2/t13?,14-,15+/m0/s1. The van der Waals surface area contributed by atoms with Gasteiger partial charge in [-0.1, -0.05) is 30.3 Å². The first kappa shape index (κ1) is 16.8. The fraction of sp³-hybridized carbons (Fsp3) is 0.611. The van der Waals surface area contributed by atoms with Gasteiger partial charge in [0.15, 0.2) is 0 Å². The van der Waals surface area contributed by atoms with Gasteiger partial charge >= 0.3 is 12.1 Å². The van der Waals surface area contributed by atoms with E-state index in [0.29, 0.717) is 39.0 Å². The first-order chi connectivity index (χ1) is 11.9. The zero-order valence-electron chi connectivity index (χ0n) is 13.8. The maximum atomic E-state index is 13.2. The summed E-state index contributed by atoms with van der Waals surface area (Å²) in [5.41, 5.74) is 0.601. The van der Waals surface area contributed by atoms with Crippen molar-refractivity contribution in [1.82, 2.24) is 10.2 Å². The molecule has 3 atom stereocenters. The van der Waals surface area contributed by atoms with Crippen molar-refractivity contribution in [3.8, 4) is 0 Å². The van der Waals surface area contributed by atoms with Gasteiger partial charge in [-0.2, -0.15) is 13.2 Å². The lowest BCUT2D eigenvalue weighted by Gasteiger charge is -2.50. The van der Waals surface area contributed by atoms with E-state index in [2.05, 4.69) is 5.32 Å². The summed E-state index contributed by atoms with van der Waals surface area (Å²) in [5.74, 6) is -1.71. The van der Waals surface area contributed by atoms with Crippen molar-refractivity contribution in [3.05, 3.63) is 35.9 Å². The predicted molar refractivity (Wildman–Crippen MR) is 85.1 cm³/mol. The quantitative estimate of drug-likeness (QED) is 0.907. The molecule has 4 rings (SSSR count). The van der Waals surface area contributed by atoms with Crippen LogP contribution in [0, 0.1) is 0 Å². The molecule has 1 aromatic rings. The third-order valence-electron chi connectivity index (χ3n) is 5.57. The molecule has 2 heterocycles. The van der Waals surface area contributed by atoms with E-state index < -0.39 is 23.7 Å². The topological polar surface area (TPSA) is 41.6 Å². The summed E-state index contributed by atoms with van der Waals surface area (Å²) < 4.78 is 45.5. The molecule has 3 aliphatic rings. The molecule has 4 nitrogen and oxygen atoms in total. The van der Waals surface area contributed by atoms with Crippen molar-refractivity contribution in [2.75, 3.05) is 19.7 Å². The van der Waals surface area contributed by atoms with E-state index in [1.54, 1.807) is 0 Å². The van der Waals surface area contributed by atoms with E-state index in [9.17, 15) is 18.0 Å². The molecule has 1 unspecified atom stereocenters. The van der Waals surface area contributed by atoms with Crippen LogP contribution in [0.5, 0.6) is 0 Å². The van der Waals surface area contributed by atoms with Gasteiger partial charge in [0.05, 0.1) is 5.60 Å². The number of nitrogens with zero attached hydrogens (tertiary/aromatic N) is 1. The largest absolute Gasteiger partial charge is 0.471 e. The van der Waals surface area contributed by atoms with Crippen molar-refractivity contribution < 1.29 is 22.7 Å². The van der Waals surface area contributed by atoms with Gasteiger partial charge in [0.2, 0.25) is 0 Å². The molecule has 7 heteroatoms. The molecule has 0 bridgehead atoms. The van der Waals surface area contributed by atoms with Crippen molar-refractivity contribution in [2.45, 2.75) is 49.0 Å². The molecule has 0 aromatic heterocycles. The number of benzene rings is 1. The summed E-state index contributed by atoms with van der Waals surface area (Å²) >= 11 is 0. The number of ether oxygens (including phenoxy) is 1. The predicted octanol–water partition coefficient (Wildman–Crippen LogP) is 2.45. The van der Waals surface area contributed by atoms with Crippen LogP contribution < -0.4 is 5.32 Å². The van der Waals surface area contributed by atoms with Gasteiger partial charge < -0.3 is 15.0 Å². The van der Waals surface area contributed by atoms with Crippen LogP contribution in [0.15, 0.2) is 30.3 Å². The van der Waals surface area contributed by atoms with E-state index in [4.69, 9.17) is 4.74 Å². The Balaban J connectivity index is 1.56. The molecule has 1 aliphatic carbocycles. The normalized spacial score (nSPS) is 30.6. The molecular weight excluding hydrogens is 333 g/mol. The van der Waals surface area contributed by atoms with Crippen molar-refractivity contribution in [2.24, 2.45) is 0 Å². The Morgan fingerprint density at radius 1 is 1.24 bits per heavy atom. The Bertz CT molecular complexity index is 645. The second-order valence-corrected chi connectivity index (χ2v) is 7.31. The Labute approximate surface area is 144 Å². The smallest absolute Gasteiger partial charge is 0.372 e. The highest BCUT2D eigenvalue weighted by molar-refractivity contribution is 5.83. The van der Waals surface area contributed by atoms with Gasteiger partial charge in [0.1, 0.15) is 0 Å². The van der Waals surface area contributed by atoms with Crippen LogP contribution in [0.2, 0.25) is 0 Å². The van der Waals surface area contributed by atoms with Gasteiger partial charge in [-0.3, -0.25) is 4.79 Å². The number of halogens is 3. The summed E-state index contributed by atoms with van der Waals surface area (Å²) in [6.07, 6.45) is -3.32. The number of hydrogen-bond donors (Lipinski definition) is 1. The summed E-state index contributed by atoms with van der Waals surface area (Å²) in [5, 5.41) is 3.12. The van der Waals surface area contributed by atoms with Crippen molar-refractivity contribution in [1.29, 1.82) is 0 Å². The van der Waals surface area contributed by atoms with E-state index >= 15 is 0 Å². The summed E-state index contributed by atoms with van der Waals surface area (Å²) in [6.45, 7) is 1.69. The number of hydrogen-bond acceptors (Lipinski definition) is 3. The van der Waals surface area contributed by atoms with E-state index in [-0.39, 0.29) is 12.0 Å². The molecule has 136 valence electrons. The van der Waals surface area contributed by atoms with E-state index in [1.807, 2.05) is 30.3 Å². The minimum absolute atomic E-state index is 0.00851. The van der Waals surface area contributed by atoms with Crippen LogP contribution in [-0.2, 0) is 9.53 Å². The fourth-order valence-corrected chi connectivity index (χ4v) is 4.17. The molecule has 1 N–H and O–H groups in total. The number of carbonyl (C=O) groups excluding carboxylic acids is 1. The molecule has 2 saturated heterocycles. The van der Waals surface area contributed by atoms with Gasteiger partial charge in [-0.15, -0.1) is 0 Å². The van der Waals surface area contributed by atoms with Gasteiger partial charge in [0, 0.05) is 37.7 Å². The molecule has 1 spiro atoms. The minimum atomic E-state index is -4.84. The third kappa shape index (κ3) is 3.15. The molecule has 3 fully saturated rings. The van der Waals surface area contributed by atoms with Gasteiger partial charge in [-0.05, 0) is 24.8 Å². The summed E-state index contributed by atoms with van der Waals surface area (Å²) in [7, 11) is 0. The average Bonchev–Trinajstić information content (AvgIpc) is 3.34. The molecule has 0 radical (unpaired) electrons. The van der Waals surface area contributed by atoms with E-state index in [0.717, 1.165) is 10.5 Å². The minimum Gasteiger partial charge on any atom is -0.372 e. The van der Waals surface area contributed by atoms with Crippen LogP contribution in [0.3, 0.4) is 0 Å². The zero-order chi connectivity index (χ0) is 17.7. The zero-order valence-corrected chi connectivity index (χ0v) is 13.8. The van der Waals surface area contributed by atoms with Crippen LogP contribution >= 0.6 is 0 Å². The number of carbonyl (C=O) groups is 1. The Hall–Kier alpha value is -1.60. The van der Waals surface area contributed by atoms with Crippen LogP contribution in [-0.4, -0.2) is 54.4 Å². The lowest BCUT2D eigenvalue weighted by Crippen LogP contribution is -2.66. The number of nitrogens with one attached hydrogen (secondary N) is 1. The van der Waals surface area contributed by atoms with E-state index in [1.165, 1.54) is 0 Å². The highest BCUT2D eigenvalue weighted by atomic mass is 19.4. The lowest BCUT2D eigenvalue weighted by molar-refractivity contribution is -0.195. The highest BCUT2D eigenvalue weighted by Crippen LogP contribution is 2.48. The number of rotatable bonds is 3. The molecule has 2 aliphatic heterocycles. The molecule has 1 aromatic carbocycles. The van der Waals surface area contributed by atoms with Crippen molar-refractivity contribution in [3.63, 3.8) is 0 Å². The molecule has 1 saturated carbocycles. The monoisotopic (exact) mass is 354 g/mol. The van der Waals surface area contributed by atoms with Gasteiger partial charge in [0.25, 0.3) is 0 Å². The second kappa shape index (κ2) is 5.99. The maximum Gasteiger partial charge on any atom is 0.471 e. The summed E-state index contributed by atoms with van der Waals surface area (Å²) in [6, 6.07) is 8.69. The maximum absolute atomic E-state index is 13.2. The lowest BCUT2D eigenvalue weighted by atomic mass is 9.84. The van der Waals surface area contributed by atoms with Crippen LogP contribution in [0.25, 0.3) is 0 Å². The number of amides is 1. The third-order valence-corrected chi connectivity index (χ3v) is 5.57.